The molecule has 0 spiro atoms. The largest absolute Gasteiger partial charge is 0.516 e. The number of anilines is 1. The number of aryl methyl sites for hydroxylation is 1. The van der Waals surface area contributed by atoms with Crippen LogP contribution in [0.2, 0.25) is 0 Å². The molecule has 0 unspecified atom stereocenters. The number of rotatable bonds is 4. The first kappa shape index (κ1) is 19.9. The minimum absolute atomic E-state index is 0.0756. The molecule has 0 aliphatic carbocycles. The van der Waals surface area contributed by atoms with Crippen LogP contribution in [-0.2, 0) is 17.1 Å². The molecular weight excluding hydrogens is 387 g/mol. The second-order valence-corrected chi connectivity index (χ2v) is 6.84. The van der Waals surface area contributed by atoms with Gasteiger partial charge in [-0.05, 0) is 24.6 Å². The number of nitriles is 2. The Balaban J connectivity index is 2.47. The fraction of sp³-hybridized carbons (Fsp3) is 0.214. The average Bonchev–Trinajstić information content (AvgIpc) is 2.88. The zero-order valence-electron chi connectivity index (χ0n) is 13.8. The second-order valence-electron chi connectivity index (χ2n) is 5.16. The van der Waals surface area contributed by atoms with Crippen molar-refractivity contribution in [2.75, 3.05) is 4.72 Å². The molecule has 0 bridgehead atoms. The minimum Gasteiger partial charge on any atom is -0.301 e. The van der Waals surface area contributed by atoms with E-state index in [1.165, 1.54) is 23.9 Å². The monoisotopic (exact) mass is 397 g/mol. The van der Waals surface area contributed by atoms with E-state index in [0.29, 0.717) is 5.56 Å². The fourth-order valence-corrected chi connectivity index (χ4v) is 2.47. The van der Waals surface area contributed by atoms with Crippen LogP contribution in [0, 0.1) is 29.6 Å². The lowest BCUT2D eigenvalue weighted by molar-refractivity contribution is -0.0429. The highest BCUT2D eigenvalue weighted by molar-refractivity contribution is 7.93. The molecular formula is C14H10F3N7O2S. The van der Waals surface area contributed by atoms with Crippen LogP contribution in [-0.4, -0.2) is 23.5 Å². The SMILES string of the molecule is Cc1ccc(N=Nc2nc(C#N)c(C#N)n2C)c(NS(=O)(=O)C(F)(F)F)c1. The summed E-state index contributed by atoms with van der Waals surface area (Å²) in [6, 6.07) is 7.35. The summed E-state index contributed by atoms with van der Waals surface area (Å²) in [5.41, 5.74) is -5.96. The lowest BCUT2D eigenvalue weighted by Crippen LogP contribution is -2.29. The highest BCUT2D eigenvalue weighted by atomic mass is 32.2. The summed E-state index contributed by atoms with van der Waals surface area (Å²) in [5, 5.41) is 25.3. The Morgan fingerprint density at radius 2 is 1.89 bits per heavy atom. The van der Waals surface area contributed by atoms with E-state index < -0.39 is 21.2 Å². The summed E-state index contributed by atoms with van der Waals surface area (Å²) in [5.74, 6) is -0.159. The third-order valence-corrected chi connectivity index (χ3v) is 4.33. The highest BCUT2D eigenvalue weighted by Gasteiger charge is 2.46. The first-order chi connectivity index (χ1) is 12.5. The molecule has 27 heavy (non-hydrogen) atoms. The third-order valence-electron chi connectivity index (χ3n) is 3.23. The van der Waals surface area contributed by atoms with Gasteiger partial charge in [0.05, 0.1) is 5.69 Å². The summed E-state index contributed by atoms with van der Waals surface area (Å²) in [7, 11) is -4.26. The first-order valence-electron chi connectivity index (χ1n) is 6.98. The number of nitrogens with one attached hydrogen (secondary N) is 1. The van der Waals surface area contributed by atoms with E-state index in [1.54, 1.807) is 19.1 Å². The Labute approximate surface area is 151 Å². The molecule has 2 aromatic rings. The average molecular weight is 397 g/mol. The molecule has 1 N–H and O–H groups in total. The van der Waals surface area contributed by atoms with Crippen LogP contribution in [0.15, 0.2) is 28.4 Å². The predicted octanol–water partition coefficient (Wildman–Crippen LogP) is 3.15. The van der Waals surface area contributed by atoms with Gasteiger partial charge in [0, 0.05) is 7.05 Å². The third kappa shape index (κ3) is 4.04. The fourth-order valence-electron chi connectivity index (χ4n) is 1.90. The van der Waals surface area contributed by atoms with Gasteiger partial charge >= 0.3 is 15.5 Å². The zero-order chi connectivity index (χ0) is 20.4. The molecule has 0 radical (unpaired) electrons. The molecule has 13 heteroatoms. The molecule has 0 aliphatic rings. The normalized spacial score (nSPS) is 12.0. The Morgan fingerprint density at radius 3 is 2.41 bits per heavy atom. The summed E-state index contributed by atoms with van der Waals surface area (Å²) in [4.78, 5) is 3.78. The van der Waals surface area contributed by atoms with E-state index in [1.807, 2.05) is 0 Å². The Morgan fingerprint density at radius 1 is 1.22 bits per heavy atom. The highest BCUT2D eigenvalue weighted by Crippen LogP contribution is 2.32. The van der Waals surface area contributed by atoms with E-state index in [4.69, 9.17) is 10.5 Å². The van der Waals surface area contributed by atoms with E-state index in [-0.39, 0.29) is 23.0 Å². The molecule has 2 rings (SSSR count). The summed E-state index contributed by atoms with van der Waals surface area (Å²) in [6.45, 7) is 1.55. The smallest absolute Gasteiger partial charge is 0.301 e. The lowest BCUT2D eigenvalue weighted by Gasteiger charge is -2.12. The van der Waals surface area contributed by atoms with Crippen molar-refractivity contribution in [2.24, 2.45) is 17.3 Å². The number of hydrogen-bond acceptors (Lipinski definition) is 7. The van der Waals surface area contributed by atoms with Crippen molar-refractivity contribution < 1.29 is 21.6 Å². The van der Waals surface area contributed by atoms with E-state index >= 15 is 0 Å². The van der Waals surface area contributed by atoms with Crippen LogP contribution in [0.5, 0.6) is 0 Å². The predicted molar refractivity (Wildman–Crippen MR) is 86.6 cm³/mol. The maximum atomic E-state index is 12.6. The van der Waals surface area contributed by atoms with Crippen molar-refractivity contribution in [3.63, 3.8) is 0 Å². The zero-order valence-corrected chi connectivity index (χ0v) is 14.6. The van der Waals surface area contributed by atoms with Crippen LogP contribution < -0.4 is 4.72 Å². The molecule has 1 heterocycles. The second kappa shape index (κ2) is 7.05. The molecule has 0 saturated heterocycles. The van der Waals surface area contributed by atoms with Gasteiger partial charge in [0.2, 0.25) is 0 Å². The van der Waals surface area contributed by atoms with Gasteiger partial charge < -0.3 is 4.57 Å². The van der Waals surface area contributed by atoms with Gasteiger partial charge in [0.15, 0.2) is 11.4 Å². The standard InChI is InChI=1S/C14H10F3N7O2S/c1-8-3-4-9(10(5-8)23-27(25,26)14(15,16)17)21-22-13-20-11(6-18)12(7-19)24(13)2/h3-5,23H,1-2H3. The Hall–Kier alpha value is -3.45. The van der Waals surface area contributed by atoms with Crippen molar-refractivity contribution in [3.8, 4) is 12.1 Å². The maximum absolute atomic E-state index is 12.6. The molecule has 0 atom stereocenters. The van der Waals surface area contributed by atoms with Gasteiger partial charge in [0.1, 0.15) is 17.8 Å². The van der Waals surface area contributed by atoms with Gasteiger partial charge in [-0.15, -0.1) is 10.2 Å². The molecule has 9 nitrogen and oxygen atoms in total. The van der Waals surface area contributed by atoms with Gasteiger partial charge in [-0.2, -0.15) is 37.1 Å². The van der Waals surface area contributed by atoms with Gasteiger partial charge in [0.25, 0.3) is 5.95 Å². The number of halogens is 3. The van der Waals surface area contributed by atoms with Crippen LogP contribution >= 0.6 is 0 Å². The molecule has 1 aromatic carbocycles. The Bertz CT molecular complexity index is 1110. The van der Waals surface area contributed by atoms with E-state index in [0.717, 1.165) is 10.6 Å². The van der Waals surface area contributed by atoms with Crippen molar-refractivity contribution >= 4 is 27.3 Å². The molecule has 0 fully saturated rings. The molecule has 0 amide bonds. The number of nitrogens with zero attached hydrogens (tertiary/aromatic N) is 6. The molecule has 0 saturated carbocycles. The maximum Gasteiger partial charge on any atom is 0.516 e. The molecule has 1 aromatic heterocycles. The van der Waals surface area contributed by atoms with Crippen molar-refractivity contribution in [1.29, 1.82) is 10.5 Å². The molecule has 140 valence electrons. The number of benzene rings is 1. The Kier molecular flexibility index (Phi) is 5.19. The number of alkyl halides is 3. The van der Waals surface area contributed by atoms with Crippen LogP contribution in [0.25, 0.3) is 0 Å². The number of aromatic nitrogens is 2. The van der Waals surface area contributed by atoms with Crippen molar-refractivity contribution in [3.05, 3.63) is 35.2 Å². The summed E-state index contributed by atoms with van der Waals surface area (Å²) in [6.07, 6.45) is 0. The summed E-state index contributed by atoms with van der Waals surface area (Å²) >= 11 is 0. The summed E-state index contributed by atoms with van der Waals surface area (Å²) < 4.78 is 63.1. The molecule has 0 aliphatic heterocycles. The number of azo groups is 1. The number of hydrogen-bond donors (Lipinski definition) is 1. The van der Waals surface area contributed by atoms with E-state index in [2.05, 4.69) is 15.2 Å². The topological polar surface area (TPSA) is 136 Å². The van der Waals surface area contributed by atoms with Crippen LogP contribution in [0.4, 0.5) is 30.5 Å². The lowest BCUT2D eigenvalue weighted by atomic mass is 10.2. The van der Waals surface area contributed by atoms with Gasteiger partial charge in [-0.25, -0.2) is 0 Å². The van der Waals surface area contributed by atoms with Gasteiger partial charge in [-0.1, -0.05) is 6.07 Å². The van der Waals surface area contributed by atoms with E-state index in [9.17, 15) is 21.6 Å². The number of imidazole rings is 1. The number of sulfonamides is 1. The quantitative estimate of drug-likeness (QED) is 0.790. The van der Waals surface area contributed by atoms with Crippen LogP contribution in [0.1, 0.15) is 17.0 Å². The van der Waals surface area contributed by atoms with Crippen molar-refractivity contribution in [2.45, 2.75) is 12.4 Å². The first-order valence-corrected chi connectivity index (χ1v) is 8.47. The van der Waals surface area contributed by atoms with Crippen molar-refractivity contribution in [1.82, 2.24) is 9.55 Å². The minimum atomic E-state index is -5.65. The van der Waals surface area contributed by atoms with Crippen LogP contribution in [0.3, 0.4) is 0 Å². The van der Waals surface area contributed by atoms with Gasteiger partial charge in [-0.3, -0.25) is 4.72 Å².